The first-order chi connectivity index (χ1) is 11.0. The Balaban J connectivity index is 1.86. The van der Waals surface area contributed by atoms with Crippen LogP contribution < -0.4 is 4.74 Å². The number of methoxy groups -OCH3 is 1. The number of carbonyl (C=O) groups is 1. The van der Waals surface area contributed by atoms with Crippen molar-refractivity contribution >= 4 is 5.91 Å². The molecule has 1 saturated heterocycles. The molecule has 5 nitrogen and oxygen atoms in total. The molecule has 0 saturated carbocycles. The third-order valence-electron chi connectivity index (χ3n) is 4.03. The summed E-state index contributed by atoms with van der Waals surface area (Å²) in [6, 6.07) is 7.78. The number of likely N-dealkylation sites (N-methyl/N-ethyl adjacent to an activating group) is 1. The second-order valence-corrected chi connectivity index (χ2v) is 6.13. The molecule has 1 aromatic rings. The molecular formula is C18H26N2O3. The molecule has 5 heteroatoms. The van der Waals surface area contributed by atoms with Crippen LogP contribution in [0.2, 0.25) is 0 Å². The molecule has 0 aromatic heterocycles. The number of amides is 1. The molecule has 1 aliphatic heterocycles. The number of likely N-dealkylation sites (tertiary alicyclic amines) is 1. The summed E-state index contributed by atoms with van der Waals surface area (Å²) in [5, 5.41) is 0. The Morgan fingerprint density at radius 1 is 1.30 bits per heavy atom. The van der Waals surface area contributed by atoms with Crippen LogP contribution in [0.4, 0.5) is 0 Å². The Labute approximate surface area is 138 Å². The maximum absolute atomic E-state index is 12.3. The average molecular weight is 318 g/mol. The van der Waals surface area contributed by atoms with Crippen molar-refractivity contribution in [3.63, 3.8) is 0 Å². The molecule has 1 aliphatic rings. The first-order valence-corrected chi connectivity index (χ1v) is 7.84. The van der Waals surface area contributed by atoms with Gasteiger partial charge >= 0.3 is 0 Å². The number of nitrogens with zero attached hydrogens (tertiary/aromatic N) is 2. The lowest BCUT2D eigenvalue weighted by Crippen LogP contribution is -2.25. The first-order valence-electron chi connectivity index (χ1n) is 7.84. The summed E-state index contributed by atoms with van der Waals surface area (Å²) < 4.78 is 10.8. The van der Waals surface area contributed by atoms with Gasteiger partial charge in [0.05, 0.1) is 20.3 Å². The molecule has 1 fully saturated rings. The minimum absolute atomic E-state index is 0.0297. The van der Waals surface area contributed by atoms with Crippen LogP contribution >= 0.6 is 0 Å². The molecule has 0 spiro atoms. The zero-order chi connectivity index (χ0) is 16.8. The lowest BCUT2D eigenvalue weighted by molar-refractivity contribution is -0.125. The minimum atomic E-state index is 0.0297. The molecule has 1 atom stereocenters. The van der Waals surface area contributed by atoms with Gasteiger partial charge in [-0.05, 0) is 31.8 Å². The van der Waals surface area contributed by atoms with E-state index < -0.39 is 0 Å². The Bertz CT molecular complexity index is 540. The number of hydrogen-bond donors (Lipinski definition) is 0. The van der Waals surface area contributed by atoms with Crippen LogP contribution in [0, 0.1) is 5.92 Å². The van der Waals surface area contributed by atoms with Gasteiger partial charge in [-0.3, -0.25) is 4.79 Å². The van der Waals surface area contributed by atoms with E-state index in [2.05, 4.69) is 11.5 Å². The van der Waals surface area contributed by atoms with Crippen LogP contribution in [0.25, 0.3) is 0 Å². The van der Waals surface area contributed by atoms with E-state index in [9.17, 15) is 4.79 Å². The highest BCUT2D eigenvalue weighted by atomic mass is 16.5. The maximum atomic E-state index is 12.3. The van der Waals surface area contributed by atoms with Crippen LogP contribution in [0.1, 0.15) is 5.56 Å². The van der Waals surface area contributed by atoms with Gasteiger partial charge in [0.25, 0.3) is 0 Å². The van der Waals surface area contributed by atoms with Gasteiger partial charge in [0.1, 0.15) is 5.75 Å². The van der Waals surface area contributed by atoms with E-state index >= 15 is 0 Å². The van der Waals surface area contributed by atoms with Gasteiger partial charge in [-0.25, -0.2) is 0 Å². The van der Waals surface area contributed by atoms with Crippen molar-refractivity contribution in [1.82, 2.24) is 9.80 Å². The predicted octanol–water partition coefficient (Wildman–Crippen LogP) is 1.79. The summed E-state index contributed by atoms with van der Waals surface area (Å²) in [4.78, 5) is 16.2. The Kier molecular flexibility index (Phi) is 6.19. The Morgan fingerprint density at radius 2 is 2.00 bits per heavy atom. The molecule has 0 radical (unpaired) electrons. The third-order valence-corrected chi connectivity index (χ3v) is 4.03. The van der Waals surface area contributed by atoms with Crippen molar-refractivity contribution in [3.8, 4) is 5.75 Å². The molecule has 1 aromatic carbocycles. The molecule has 23 heavy (non-hydrogen) atoms. The maximum Gasteiger partial charge on any atom is 0.249 e. The molecule has 1 heterocycles. The fraction of sp³-hybridized carbons (Fsp3) is 0.500. The second kappa shape index (κ2) is 8.13. The fourth-order valence-corrected chi connectivity index (χ4v) is 2.55. The van der Waals surface area contributed by atoms with Gasteiger partial charge in [0.2, 0.25) is 5.91 Å². The van der Waals surface area contributed by atoms with E-state index in [1.807, 2.05) is 43.3 Å². The average Bonchev–Trinajstić information content (AvgIpc) is 2.80. The topological polar surface area (TPSA) is 42.0 Å². The fourth-order valence-electron chi connectivity index (χ4n) is 2.55. The van der Waals surface area contributed by atoms with Crippen LogP contribution in [-0.2, 0) is 16.1 Å². The van der Waals surface area contributed by atoms with Gasteiger partial charge in [0.15, 0.2) is 0 Å². The van der Waals surface area contributed by atoms with Gasteiger partial charge in [-0.1, -0.05) is 18.7 Å². The highest BCUT2D eigenvalue weighted by Crippen LogP contribution is 2.25. The van der Waals surface area contributed by atoms with Crippen molar-refractivity contribution < 1.29 is 14.3 Å². The minimum Gasteiger partial charge on any atom is -0.497 e. The Hall–Kier alpha value is -1.85. The molecule has 2 rings (SSSR count). The predicted molar refractivity (Wildman–Crippen MR) is 90.4 cm³/mol. The van der Waals surface area contributed by atoms with Crippen LogP contribution in [0.3, 0.4) is 0 Å². The van der Waals surface area contributed by atoms with Crippen molar-refractivity contribution in [2.75, 3.05) is 47.5 Å². The summed E-state index contributed by atoms with van der Waals surface area (Å²) >= 11 is 0. The quantitative estimate of drug-likeness (QED) is 0.541. The first kappa shape index (κ1) is 17.5. The monoisotopic (exact) mass is 318 g/mol. The van der Waals surface area contributed by atoms with E-state index in [4.69, 9.17) is 9.47 Å². The number of carbonyl (C=O) groups excluding carboxylic acids is 1. The van der Waals surface area contributed by atoms with E-state index in [0.717, 1.165) is 17.9 Å². The summed E-state index contributed by atoms with van der Waals surface area (Å²) in [7, 11) is 5.67. The Morgan fingerprint density at radius 3 is 2.61 bits per heavy atom. The van der Waals surface area contributed by atoms with Crippen molar-refractivity contribution in [3.05, 3.63) is 42.0 Å². The number of ether oxygens (including phenoxy) is 2. The van der Waals surface area contributed by atoms with Gasteiger partial charge in [-0.15, -0.1) is 0 Å². The van der Waals surface area contributed by atoms with Crippen LogP contribution in [0.5, 0.6) is 5.75 Å². The molecular weight excluding hydrogens is 292 g/mol. The third kappa shape index (κ3) is 4.81. The van der Waals surface area contributed by atoms with Crippen LogP contribution in [-0.4, -0.2) is 63.2 Å². The van der Waals surface area contributed by atoms with E-state index in [1.165, 1.54) is 0 Å². The number of rotatable bonds is 8. The smallest absolute Gasteiger partial charge is 0.249 e. The molecule has 0 bridgehead atoms. The highest BCUT2D eigenvalue weighted by Gasteiger charge is 2.33. The number of hydrogen-bond acceptors (Lipinski definition) is 4. The summed E-state index contributed by atoms with van der Waals surface area (Å²) in [5.74, 6) is 0.933. The summed E-state index contributed by atoms with van der Waals surface area (Å²) in [6.45, 7) is 7.31. The largest absolute Gasteiger partial charge is 0.497 e. The van der Waals surface area contributed by atoms with E-state index in [-0.39, 0.29) is 11.8 Å². The normalized spacial score (nSPS) is 18.1. The molecule has 0 aliphatic carbocycles. The summed E-state index contributed by atoms with van der Waals surface area (Å²) in [5.41, 5.74) is 1.74. The number of benzene rings is 1. The van der Waals surface area contributed by atoms with Crippen molar-refractivity contribution in [2.45, 2.75) is 6.54 Å². The molecule has 1 amide bonds. The van der Waals surface area contributed by atoms with Gasteiger partial charge in [0, 0.05) is 31.1 Å². The lowest BCUT2D eigenvalue weighted by Gasteiger charge is -2.17. The molecule has 126 valence electrons. The zero-order valence-corrected chi connectivity index (χ0v) is 14.2. The van der Waals surface area contributed by atoms with Crippen molar-refractivity contribution in [1.29, 1.82) is 0 Å². The lowest BCUT2D eigenvalue weighted by atomic mass is 10.1. The van der Waals surface area contributed by atoms with Gasteiger partial charge in [-0.2, -0.15) is 0 Å². The second-order valence-electron chi connectivity index (χ2n) is 6.13. The van der Waals surface area contributed by atoms with E-state index in [1.54, 1.807) is 7.11 Å². The highest BCUT2D eigenvalue weighted by molar-refractivity contribution is 5.95. The molecule has 1 unspecified atom stereocenters. The van der Waals surface area contributed by atoms with E-state index in [0.29, 0.717) is 31.9 Å². The summed E-state index contributed by atoms with van der Waals surface area (Å²) in [6.07, 6.45) is 0. The SMILES string of the molecule is C=C1C(=O)N(Cc2ccc(OC)cc2)CC1COCCN(C)C. The van der Waals surface area contributed by atoms with Gasteiger partial charge < -0.3 is 19.3 Å². The van der Waals surface area contributed by atoms with Crippen LogP contribution in [0.15, 0.2) is 36.4 Å². The zero-order valence-electron chi connectivity index (χ0n) is 14.2. The molecule has 0 N–H and O–H groups in total. The standard InChI is InChI=1S/C18H26N2O3/c1-14-16(13-23-10-9-19(2)3)12-20(18(14)21)11-15-5-7-17(22-4)8-6-15/h5-8,16H,1,9-13H2,2-4H3. The van der Waals surface area contributed by atoms with Crippen molar-refractivity contribution in [2.24, 2.45) is 5.92 Å².